The van der Waals surface area contributed by atoms with Gasteiger partial charge in [-0.3, -0.25) is 9.69 Å². The van der Waals surface area contributed by atoms with Crippen LogP contribution in [0.3, 0.4) is 0 Å². The fourth-order valence-corrected chi connectivity index (χ4v) is 5.28. The Kier molecular flexibility index (Phi) is 7.66. The summed E-state index contributed by atoms with van der Waals surface area (Å²) in [5.41, 5.74) is 5.33. The van der Waals surface area contributed by atoms with Crippen LogP contribution in [0.2, 0.25) is 0 Å². The van der Waals surface area contributed by atoms with Gasteiger partial charge in [0.15, 0.2) is 0 Å². The number of H-pyrrole nitrogens is 1. The van der Waals surface area contributed by atoms with Crippen LogP contribution in [-0.4, -0.2) is 36.4 Å². The summed E-state index contributed by atoms with van der Waals surface area (Å²) in [6.07, 6.45) is 12.4. The van der Waals surface area contributed by atoms with E-state index >= 15 is 0 Å². The van der Waals surface area contributed by atoms with Gasteiger partial charge in [0.1, 0.15) is 0 Å². The van der Waals surface area contributed by atoms with E-state index in [1.807, 2.05) is 6.08 Å². The molecule has 2 aromatic carbocycles. The lowest BCUT2D eigenvalue weighted by Crippen LogP contribution is -2.43. The Balaban J connectivity index is 1.18. The maximum Gasteiger partial charge on any atom is 0.243 e. The Morgan fingerprint density at radius 2 is 1.73 bits per heavy atom. The van der Waals surface area contributed by atoms with Gasteiger partial charge < -0.3 is 10.3 Å². The zero-order valence-corrected chi connectivity index (χ0v) is 20.1. The molecular weight excluding hydrogens is 406 g/mol. The molecule has 1 heterocycles. The van der Waals surface area contributed by atoms with Crippen molar-refractivity contribution in [3.63, 3.8) is 0 Å². The molecule has 0 aliphatic heterocycles. The van der Waals surface area contributed by atoms with Crippen molar-refractivity contribution >= 4 is 16.8 Å². The lowest BCUT2D eigenvalue weighted by atomic mass is 9.74. The van der Waals surface area contributed by atoms with E-state index in [-0.39, 0.29) is 11.4 Å². The summed E-state index contributed by atoms with van der Waals surface area (Å²) in [5, 5.41) is 4.43. The van der Waals surface area contributed by atoms with Crippen molar-refractivity contribution in [2.45, 2.75) is 56.9 Å². The summed E-state index contributed by atoms with van der Waals surface area (Å²) in [5.74, 6) is 0.0682. The molecule has 174 valence electrons. The Labute approximate surface area is 198 Å². The molecule has 1 aliphatic carbocycles. The first-order valence-corrected chi connectivity index (χ1v) is 12.3. The lowest BCUT2D eigenvalue weighted by molar-refractivity contribution is -0.116. The molecule has 4 nitrogen and oxygen atoms in total. The molecule has 1 amide bonds. The smallest absolute Gasteiger partial charge is 0.243 e. The van der Waals surface area contributed by atoms with Crippen molar-refractivity contribution < 1.29 is 4.79 Å². The number of hydrogen-bond donors (Lipinski definition) is 2. The first-order chi connectivity index (χ1) is 16.1. The number of unbranched alkanes of at least 4 members (excludes halogenated alkanes) is 2. The molecular formula is C29H37N3O. The van der Waals surface area contributed by atoms with E-state index in [4.69, 9.17) is 0 Å². The van der Waals surface area contributed by atoms with E-state index in [1.54, 1.807) is 0 Å². The van der Waals surface area contributed by atoms with Gasteiger partial charge in [-0.25, -0.2) is 0 Å². The SMILES string of the molecule is CN(C)C1(c2ccccc2)CCC(=CC(=O)NCCCCCc2c[nH]c3ccccc23)CC1. The van der Waals surface area contributed by atoms with E-state index in [0.29, 0.717) is 0 Å². The molecule has 1 aromatic heterocycles. The van der Waals surface area contributed by atoms with Crippen LogP contribution in [0.4, 0.5) is 0 Å². The first kappa shape index (κ1) is 23.3. The average Bonchev–Trinajstić information content (AvgIpc) is 3.25. The molecule has 1 aliphatic rings. The second-order valence-corrected chi connectivity index (χ2v) is 9.56. The molecule has 0 bridgehead atoms. The van der Waals surface area contributed by atoms with Crippen molar-refractivity contribution in [2.75, 3.05) is 20.6 Å². The highest BCUT2D eigenvalue weighted by atomic mass is 16.1. The summed E-state index contributed by atoms with van der Waals surface area (Å²) in [6.45, 7) is 0.752. The summed E-state index contributed by atoms with van der Waals surface area (Å²) < 4.78 is 0. The zero-order chi connectivity index (χ0) is 23.1. The molecule has 3 aromatic rings. The molecule has 0 radical (unpaired) electrons. The highest BCUT2D eigenvalue weighted by Gasteiger charge is 2.37. The number of hydrogen-bond acceptors (Lipinski definition) is 2. The maximum absolute atomic E-state index is 12.4. The molecule has 0 spiro atoms. The molecule has 33 heavy (non-hydrogen) atoms. The largest absolute Gasteiger partial charge is 0.361 e. The number of aryl methyl sites for hydroxylation is 1. The summed E-state index contributed by atoms with van der Waals surface area (Å²) >= 11 is 0. The van der Waals surface area contributed by atoms with E-state index in [2.05, 4.69) is 90.1 Å². The zero-order valence-electron chi connectivity index (χ0n) is 20.1. The third kappa shape index (κ3) is 5.56. The third-order valence-electron chi connectivity index (χ3n) is 7.32. The monoisotopic (exact) mass is 443 g/mol. The summed E-state index contributed by atoms with van der Waals surface area (Å²) in [6, 6.07) is 19.3. The van der Waals surface area contributed by atoms with Crippen LogP contribution in [0.25, 0.3) is 10.9 Å². The van der Waals surface area contributed by atoms with Gasteiger partial charge in [0.05, 0.1) is 0 Å². The number of fused-ring (bicyclic) bond motifs is 1. The Morgan fingerprint density at radius 3 is 2.48 bits per heavy atom. The average molecular weight is 444 g/mol. The number of rotatable bonds is 9. The number of para-hydroxylation sites is 1. The predicted molar refractivity (Wildman–Crippen MR) is 137 cm³/mol. The molecule has 0 saturated heterocycles. The van der Waals surface area contributed by atoms with Gasteiger partial charge in [-0.1, -0.05) is 60.5 Å². The van der Waals surface area contributed by atoms with E-state index in [0.717, 1.165) is 57.9 Å². The van der Waals surface area contributed by atoms with Crippen LogP contribution in [0.5, 0.6) is 0 Å². The Bertz CT molecular complexity index is 1070. The second-order valence-electron chi connectivity index (χ2n) is 9.56. The first-order valence-electron chi connectivity index (χ1n) is 12.3. The van der Waals surface area contributed by atoms with E-state index in [9.17, 15) is 4.79 Å². The van der Waals surface area contributed by atoms with Crippen LogP contribution >= 0.6 is 0 Å². The Morgan fingerprint density at radius 1 is 1.00 bits per heavy atom. The Hall–Kier alpha value is -2.85. The quantitative estimate of drug-likeness (QED) is 0.317. The van der Waals surface area contributed by atoms with Gasteiger partial charge in [-0.2, -0.15) is 0 Å². The third-order valence-corrected chi connectivity index (χ3v) is 7.32. The minimum absolute atomic E-state index is 0.0682. The van der Waals surface area contributed by atoms with Crippen molar-refractivity contribution in [1.82, 2.24) is 15.2 Å². The number of nitrogens with zero attached hydrogens (tertiary/aromatic N) is 1. The van der Waals surface area contributed by atoms with E-state index in [1.165, 1.54) is 27.6 Å². The number of aromatic amines is 1. The molecule has 0 atom stereocenters. The van der Waals surface area contributed by atoms with Crippen LogP contribution in [0, 0.1) is 0 Å². The highest BCUT2D eigenvalue weighted by Crippen LogP contribution is 2.42. The number of allylic oxidation sites excluding steroid dienone is 1. The standard InChI is InChI=1S/C29H37N3O/c1-32(2)29(25-12-6-3-7-13-25)18-16-23(17-19-29)21-28(33)30-20-10-4-5-11-24-22-31-27-15-9-8-14-26(24)27/h3,6-9,12-15,21-22,31H,4-5,10-11,16-20H2,1-2H3,(H,30,33). The number of aromatic nitrogens is 1. The topological polar surface area (TPSA) is 48.1 Å². The number of nitrogens with one attached hydrogen (secondary N) is 2. The number of benzene rings is 2. The van der Waals surface area contributed by atoms with Gasteiger partial charge in [-0.05, 0) is 76.2 Å². The maximum atomic E-state index is 12.4. The van der Waals surface area contributed by atoms with Gasteiger partial charge in [0, 0.05) is 35.3 Å². The van der Waals surface area contributed by atoms with Crippen molar-refractivity contribution in [3.8, 4) is 0 Å². The number of amides is 1. The lowest BCUT2D eigenvalue weighted by Gasteiger charge is -2.44. The second kappa shape index (κ2) is 10.8. The van der Waals surface area contributed by atoms with Crippen LogP contribution in [-0.2, 0) is 16.8 Å². The van der Waals surface area contributed by atoms with E-state index < -0.39 is 0 Å². The molecule has 4 heteroatoms. The van der Waals surface area contributed by atoms with Gasteiger partial charge in [0.2, 0.25) is 5.91 Å². The fraction of sp³-hybridized carbons (Fsp3) is 0.414. The highest BCUT2D eigenvalue weighted by molar-refractivity contribution is 5.88. The predicted octanol–water partition coefficient (Wildman–Crippen LogP) is 5.95. The molecule has 1 fully saturated rings. The normalized spacial score (nSPS) is 18.6. The van der Waals surface area contributed by atoms with Crippen LogP contribution < -0.4 is 5.32 Å². The van der Waals surface area contributed by atoms with Crippen molar-refractivity contribution in [1.29, 1.82) is 0 Å². The van der Waals surface area contributed by atoms with Gasteiger partial charge in [-0.15, -0.1) is 0 Å². The summed E-state index contributed by atoms with van der Waals surface area (Å²) in [4.78, 5) is 18.1. The minimum Gasteiger partial charge on any atom is -0.361 e. The minimum atomic E-state index is 0.0682. The molecule has 4 rings (SSSR count). The van der Waals surface area contributed by atoms with Crippen LogP contribution in [0.15, 0.2) is 72.4 Å². The summed E-state index contributed by atoms with van der Waals surface area (Å²) in [7, 11) is 4.35. The molecule has 0 unspecified atom stereocenters. The molecule has 2 N–H and O–H groups in total. The number of carbonyl (C=O) groups excluding carboxylic acids is 1. The van der Waals surface area contributed by atoms with Crippen molar-refractivity contribution in [2.24, 2.45) is 0 Å². The van der Waals surface area contributed by atoms with Crippen molar-refractivity contribution in [3.05, 3.63) is 83.6 Å². The molecule has 1 saturated carbocycles. The van der Waals surface area contributed by atoms with Gasteiger partial charge >= 0.3 is 0 Å². The van der Waals surface area contributed by atoms with Crippen LogP contribution in [0.1, 0.15) is 56.1 Å². The van der Waals surface area contributed by atoms with Gasteiger partial charge in [0.25, 0.3) is 0 Å². The number of carbonyl (C=O) groups is 1. The fourth-order valence-electron chi connectivity index (χ4n) is 5.28.